The Kier molecular flexibility index (Phi) is 4.39. The monoisotopic (exact) mass is 265 g/mol. The van der Waals surface area contributed by atoms with E-state index in [-0.39, 0.29) is 36.5 Å². The predicted molar refractivity (Wildman–Crippen MR) is 70.4 cm³/mol. The standard InChI is InChI=1S/C14H19NO4/c16-9-11-3-1-2-6-15(11)8-14(19)10-4-5-12(17)13(18)7-10/h4-5,7,11,16-18H,1-3,6,8-9H2. The van der Waals surface area contributed by atoms with Gasteiger partial charge in [-0.05, 0) is 37.6 Å². The van der Waals surface area contributed by atoms with Gasteiger partial charge in [0.25, 0.3) is 0 Å². The Hall–Kier alpha value is -1.59. The smallest absolute Gasteiger partial charge is 0.176 e. The van der Waals surface area contributed by atoms with E-state index in [1.165, 1.54) is 18.2 Å². The number of aliphatic hydroxyl groups excluding tert-OH is 1. The van der Waals surface area contributed by atoms with Gasteiger partial charge in [-0.25, -0.2) is 0 Å². The first-order valence-corrected chi connectivity index (χ1v) is 6.52. The second-order valence-corrected chi connectivity index (χ2v) is 4.93. The van der Waals surface area contributed by atoms with Gasteiger partial charge >= 0.3 is 0 Å². The molecule has 0 spiro atoms. The van der Waals surface area contributed by atoms with Crippen molar-refractivity contribution < 1.29 is 20.1 Å². The van der Waals surface area contributed by atoms with Gasteiger partial charge in [-0.2, -0.15) is 0 Å². The summed E-state index contributed by atoms with van der Waals surface area (Å²) in [5.41, 5.74) is 0.373. The van der Waals surface area contributed by atoms with Crippen LogP contribution in [0, 0.1) is 0 Å². The second kappa shape index (κ2) is 6.04. The molecule has 1 aliphatic heterocycles. The molecule has 1 saturated heterocycles. The SMILES string of the molecule is O=C(CN1CCCCC1CO)c1ccc(O)c(O)c1. The number of rotatable bonds is 4. The van der Waals surface area contributed by atoms with Gasteiger partial charge in [-0.1, -0.05) is 6.42 Å². The molecule has 1 aromatic carbocycles. The van der Waals surface area contributed by atoms with Crippen LogP contribution in [0.3, 0.4) is 0 Å². The lowest BCUT2D eigenvalue weighted by Crippen LogP contribution is -2.44. The van der Waals surface area contributed by atoms with Crippen molar-refractivity contribution in [1.82, 2.24) is 4.90 Å². The number of phenols is 2. The number of likely N-dealkylation sites (tertiary alicyclic amines) is 1. The summed E-state index contributed by atoms with van der Waals surface area (Å²) in [5, 5.41) is 27.9. The largest absolute Gasteiger partial charge is 0.504 e. The van der Waals surface area contributed by atoms with E-state index in [1.54, 1.807) is 0 Å². The molecular formula is C14H19NO4. The van der Waals surface area contributed by atoms with Crippen LogP contribution >= 0.6 is 0 Å². The lowest BCUT2D eigenvalue weighted by molar-refractivity contribution is 0.0711. The number of Topliss-reactive ketones (excluding diaryl/α,β-unsaturated/α-hetero) is 1. The summed E-state index contributed by atoms with van der Waals surface area (Å²) in [4.78, 5) is 14.1. The first kappa shape index (κ1) is 13.8. The number of carbonyl (C=O) groups excluding carboxylic acids is 1. The fraction of sp³-hybridized carbons (Fsp3) is 0.500. The third-order valence-corrected chi connectivity index (χ3v) is 3.60. The molecule has 0 saturated carbocycles. The van der Waals surface area contributed by atoms with Crippen LogP contribution in [0.5, 0.6) is 11.5 Å². The number of aromatic hydroxyl groups is 2. The molecule has 2 rings (SSSR count). The number of ketones is 1. The highest BCUT2D eigenvalue weighted by Gasteiger charge is 2.24. The van der Waals surface area contributed by atoms with E-state index in [9.17, 15) is 20.1 Å². The van der Waals surface area contributed by atoms with E-state index in [1.807, 2.05) is 4.90 Å². The number of hydrogen-bond acceptors (Lipinski definition) is 5. The highest BCUT2D eigenvalue weighted by molar-refractivity contribution is 5.98. The quantitative estimate of drug-likeness (QED) is 0.561. The van der Waals surface area contributed by atoms with Gasteiger partial charge in [0, 0.05) is 11.6 Å². The van der Waals surface area contributed by atoms with Crippen molar-refractivity contribution in [3.05, 3.63) is 23.8 Å². The first-order valence-electron chi connectivity index (χ1n) is 6.52. The fourth-order valence-electron chi connectivity index (χ4n) is 2.45. The Labute approximate surface area is 112 Å². The highest BCUT2D eigenvalue weighted by atomic mass is 16.3. The normalized spacial score (nSPS) is 20.4. The molecular weight excluding hydrogens is 246 g/mol. The van der Waals surface area contributed by atoms with E-state index in [0.717, 1.165) is 25.8 Å². The molecule has 1 heterocycles. The minimum atomic E-state index is -0.289. The number of hydrogen-bond donors (Lipinski definition) is 3. The summed E-state index contributed by atoms with van der Waals surface area (Å²) in [6, 6.07) is 4.12. The van der Waals surface area contributed by atoms with Crippen LogP contribution in [0.15, 0.2) is 18.2 Å². The molecule has 1 aromatic rings. The molecule has 0 amide bonds. The van der Waals surface area contributed by atoms with Crippen LogP contribution in [0.1, 0.15) is 29.6 Å². The molecule has 0 aromatic heterocycles. The van der Waals surface area contributed by atoms with Crippen molar-refractivity contribution in [3.8, 4) is 11.5 Å². The summed E-state index contributed by atoms with van der Waals surface area (Å²) in [6.07, 6.45) is 3.02. The predicted octanol–water partition coefficient (Wildman–Crippen LogP) is 1.13. The zero-order valence-electron chi connectivity index (χ0n) is 10.7. The van der Waals surface area contributed by atoms with E-state index >= 15 is 0 Å². The van der Waals surface area contributed by atoms with E-state index in [2.05, 4.69) is 0 Å². The zero-order chi connectivity index (χ0) is 13.8. The van der Waals surface area contributed by atoms with E-state index in [0.29, 0.717) is 5.56 Å². The Morgan fingerprint density at radius 2 is 2.05 bits per heavy atom. The van der Waals surface area contributed by atoms with Gasteiger partial charge < -0.3 is 15.3 Å². The number of phenolic OH excluding ortho intramolecular Hbond substituents is 2. The second-order valence-electron chi connectivity index (χ2n) is 4.93. The number of benzene rings is 1. The maximum Gasteiger partial charge on any atom is 0.176 e. The number of piperidine rings is 1. The van der Waals surface area contributed by atoms with Crippen molar-refractivity contribution in [1.29, 1.82) is 0 Å². The summed E-state index contributed by atoms with van der Waals surface area (Å²) in [5.74, 6) is -0.637. The van der Waals surface area contributed by atoms with Crippen LogP contribution < -0.4 is 0 Å². The van der Waals surface area contributed by atoms with Crippen LogP contribution in [0.2, 0.25) is 0 Å². The average molecular weight is 265 g/mol. The molecule has 1 unspecified atom stereocenters. The molecule has 0 aliphatic carbocycles. The first-order chi connectivity index (χ1) is 9.11. The Morgan fingerprint density at radius 3 is 2.74 bits per heavy atom. The summed E-state index contributed by atoms with van der Waals surface area (Å²) in [7, 11) is 0. The molecule has 1 aliphatic rings. The molecule has 0 bridgehead atoms. The van der Waals surface area contributed by atoms with Crippen molar-refractivity contribution >= 4 is 5.78 Å². The fourth-order valence-corrected chi connectivity index (χ4v) is 2.45. The Balaban J connectivity index is 2.05. The Morgan fingerprint density at radius 1 is 1.26 bits per heavy atom. The number of aliphatic hydroxyl groups is 1. The summed E-state index contributed by atoms with van der Waals surface area (Å²) < 4.78 is 0. The van der Waals surface area contributed by atoms with Gasteiger partial charge in [-0.15, -0.1) is 0 Å². The average Bonchev–Trinajstić information content (AvgIpc) is 2.42. The summed E-state index contributed by atoms with van der Waals surface area (Å²) in [6.45, 7) is 1.10. The molecule has 5 heteroatoms. The van der Waals surface area contributed by atoms with E-state index < -0.39 is 0 Å². The molecule has 1 fully saturated rings. The van der Waals surface area contributed by atoms with Crippen LogP contribution in [-0.2, 0) is 0 Å². The van der Waals surface area contributed by atoms with Gasteiger partial charge in [0.15, 0.2) is 17.3 Å². The third kappa shape index (κ3) is 3.24. The van der Waals surface area contributed by atoms with Gasteiger partial charge in [-0.3, -0.25) is 9.69 Å². The van der Waals surface area contributed by atoms with Gasteiger partial charge in [0.1, 0.15) is 0 Å². The van der Waals surface area contributed by atoms with Crippen LogP contribution in [0.25, 0.3) is 0 Å². The van der Waals surface area contributed by atoms with Crippen molar-refractivity contribution in [2.75, 3.05) is 19.7 Å². The maximum atomic E-state index is 12.1. The molecule has 1 atom stereocenters. The summed E-state index contributed by atoms with van der Waals surface area (Å²) >= 11 is 0. The third-order valence-electron chi connectivity index (χ3n) is 3.60. The molecule has 0 radical (unpaired) electrons. The van der Waals surface area contributed by atoms with Crippen molar-refractivity contribution in [3.63, 3.8) is 0 Å². The lowest BCUT2D eigenvalue weighted by atomic mass is 10.0. The lowest BCUT2D eigenvalue weighted by Gasteiger charge is -2.33. The molecule has 104 valence electrons. The number of carbonyl (C=O) groups is 1. The van der Waals surface area contributed by atoms with Crippen molar-refractivity contribution in [2.45, 2.75) is 25.3 Å². The molecule has 19 heavy (non-hydrogen) atoms. The van der Waals surface area contributed by atoms with Crippen LogP contribution in [0.4, 0.5) is 0 Å². The zero-order valence-corrected chi connectivity index (χ0v) is 10.7. The minimum absolute atomic E-state index is 0.0448. The maximum absolute atomic E-state index is 12.1. The topological polar surface area (TPSA) is 81.0 Å². The van der Waals surface area contributed by atoms with E-state index in [4.69, 9.17) is 0 Å². The molecule has 3 N–H and O–H groups in total. The van der Waals surface area contributed by atoms with Gasteiger partial charge in [0.05, 0.1) is 13.2 Å². The highest BCUT2D eigenvalue weighted by Crippen LogP contribution is 2.25. The van der Waals surface area contributed by atoms with Crippen molar-refractivity contribution in [2.24, 2.45) is 0 Å². The van der Waals surface area contributed by atoms with Crippen LogP contribution in [-0.4, -0.2) is 51.7 Å². The number of nitrogens with zero attached hydrogens (tertiary/aromatic N) is 1. The minimum Gasteiger partial charge on any atom is -0.504 e. The molecule has 5 nitrogen and oxygen atoms in total. The Bertz CT molecular complexity index is 461. The van der Waals surface area contributed by atoms with Gasteiger partial charge in [0.2, 0.25) is 0 Å².